The number of pyridine rings is 1. The molecule has 0 saturated carbocycles. The molecule has 3 nitrogen and oxygen atoms in total. The molecule has 19 heavy (non-hydrogen) atoms. The summed E-state index contributed by atoms with van der Waals surface area (Å²) in [5.41, 5.74) is 2.33. The summed E-state index contributed by atoms with van der Waals surface area (Å²) in [7, 11) is 1.95. The van der Waals surface area contributed by atoms with Gasteiger partial charge in [-0.2, -0.15) is 0 Å². The Bertz CT molecular complexity index is 528. The van der Waals surface area contributed by atoms with Gasteiger partial charge in [0, 0.05) is 9.77 Å². The second kappa shape index (κ2) is 6.86. The summed E-state index contributed by atoms with van der Waals surface area (Å²) >= 11 is 2.31. The minimum Gasteiger partial charge on any atom is -0.492 e. The monoisotopic (exact) mass is 368 g/mol. The van der Waals surface area contributed by atoms with Crippen LogP contribution in [0.2, 0.25) is 0 Å². The number of hydrogen-bond donors (Lipinski definition) is 1. The molecule has 0 aliphatic rings. The minimum atomic E-state index is 0.130. The van der Waals surface area contributed by atoms with Crippen LogP contribution in [-0.4, -0.2) is 18.6 Å². The molecule has 0 spiro atoms. The van der Waals surface area contributed by atoms with Crippen LogP contribution < -0.4 is 10.1 Å². The first kappa shape index (κ1) is 14.3. The van der Waals surface area contributed by atoms with E-state index >= 15 is 0 Å². The van der Waals surface area contributed by atoms with Gasteiger partial charge < -0.3 is 10.1 Å². The Hall–Kier alpha value is -1.14. The molecular weight excluding hydrogens is 351 g/mol. The summed E-state index contributed by atoms with van der Waals surface area (Å²) in [5, 5.41) is 3.33. The Balaban J connectivity index is 2.30. The fourth-order valence-electron chi connectivity index (χ4n) is 2.02. The average molecular weight is 368 g/mol. The van der Waals surface area contributed by atoms with E-state index in [-0.39, 0.29) is 6.04 Å². The van der Waals surface area contributed by atoms with Gasteiger partial charge in [-0.3, -0.25) is 4.98 Å². The zero-order chi connectivity index (χ0) is 13.7. The van der Waals surface area contributed by atoms with Crippen LogP contribution in [0.5, 0.6) is 5.75 Å². The van der Waals surface area contributed by atoms with Crippen molar-refractivity contribution in [3.05, 3.63) is 57.4 Å². The van der Waals surface area contributed by atoms with Crippen molar-refractivity contribution in [1.82, 2.24) is 10.3 Å². The van der Waals surface area contributed by atoms with Gasteiger partial charge in [-0.25, -0.2) is 0 Å². The summed E-state index contributed by atoms with van der Waals surface area (Å²) in [5.74, 6) is 0.811. The second-order valence-corrected chi connectivity index (χ2v) is 5.41. The normalized spacial score (nSPS) is 12.2. The van der Waals surface area contributed by atoms with Gasteiger partial charge in [-0.15, -0.1) is 0 Å². The molecule has 1 aromatic heterocycles. The lowest BCUT2D eigenvalue weighted by molar-refractivity contribution is 0.338. The third kappa shape index (κ3) is 3.67. The predicted molar refractivity (Wildman–Crippen MR) is 85.5 cm³/mol. The number of hydrogen-bond acceptors (Lipinski definition) is 3. The molecule has 2 rings (SSSR count). The minimum absolute atomic E-state index is 0.130. The van der Waals surface area contributed by atoms with Crippen LogP contribution in [0.15, 0.2) is 42.7 Å². The number of aromatic nitrogens is 1. The van der Waals surface area contributed by atoms with E-state index in [2.05, 4.69) is 57.2 Å². The van der Waals surface area contributed by atoms with Gasteiger partial charge in [-0.05, 0) is 65.9 Å². The summed E-state index contributed by atoms with van der Waals surface area (Å²) in [6.07, 6.45) is 3.62. The van der Waals surface area contributed by atoms with Crippen molar-refractivity contribution in [2.75, 3.05) is 13.7 Å². The molecule has 0 amide bonds. The van der Waals surface area contributed by atoms with Crippen LogP contribution in [0.4, 0.5) is 0 Å². The van der Waals surface area contributed by atoms with E-state index in [1.807, 2.05) is 26.2 Å². The van der Waals surface area contributed by atoms with Gasteiger partial charge in [0.2, 0.25) is 0 Å². The van der Waals surface area contributed by atoms with Gasteiger partial charge in [0.05, 0.1) is 18.8 Å². The van der Waals surface area contributed by atoms with E-state index < -0.39 is 0 Å². The molecule has 0 aliphatic carbocycles. The zero-order valence-electron chi connectivity index (χ0n) is 11.1. The van der Waals surface area contributed by atoms with E-state index in [1.54, 1.807) is 6.20 Å². The molecule has 4 heteroatoms. The fourth-order valence-corrected chi connectivity index (χ4v) is 2.38. The molecule has 1 N–H and O–H groups in total. The first-order valence-electron chi connectivity index (χ1n) is 6.25. The van der Waals surface area contributed by atoms with Crippen molar-refractivity contribution >= 4 is 22.6 Å². The van der Waals surface area contributed by atoms with Gasteiger partial charge >= 0.3 is 0 Å². The van der Waals surface area contributed by atoms with E-state index in [9.17, 15) is 0 Å². The second-order valence-electron chi connectivity index (χ2n) is 4.16. The van der Waals surface area contributed by atoms with E-state index in [4.69, 9.17) is 4.74 Å². The highest BCUT2D eigenvalue weighted by atomic mass is 127. The van der Waals surface area contributed by atoms with E-state index in [1.165, 1.54) is 9.13 Å². The Labute approximate surface area is 127 Å². The smallest absolute Gasteiger partial charge is 0.137 e. The molecule has 0 bridgehead atoms. The molecule has 1 aromatic carbocycles. The number of nitrogens with zero attached hydrogens (tertiary/aromatic N) is 1. The Morgan fingerprint density at radius 3 is 2.58 bits per heavy atom. The SMILES string of the molecule is CCOc1cncc(C(NC)c2ccc(I)cc2)c1. The molecule has 1 heterocycles. The summed E-state index contributed by atoms with van der Waals surface area (Å²) in [6, 6.07) is 10.7. The van der Waals surface area contributed by atoms with Crippen LogP contribution in [0.25, 0.3) is 0 Å². The van der Waals surface area contributed by atoms with Crippen molar-refractivity contribution in [3.63, 3.8) is 0 Å². The molecule has 0 radical (unpaired) electrons. The molecule has 1 atom stereocenters. The lowest BCUT2D eigenvalue weighted by Gasteiger charge is -2.17. The number of ether oxygens (including phenoxy) is 1. The maximum Gasteiger partial charge on any atom is 0.137 e. The van der Waals surface area contributed by atoms with Crippen molar-refractivity contribution < 1.29 is 4.74 Å². The number of benzene rings is 1. The lowest BCUT2D eigenvalue weighted by atomic mass is 10.0. The summed E-state index contributed by atoms with van der Waals surface area (Å²) in [4.78, 5) is 4.25. The van der Waals surface area contributed by atoms with Crippen LogP contribution in [0.1, 0.15) is 24.1 Å². The first-order chi connectivity index (χ1) is 9.24. The van der Waals surface area contributed by atoms with E-state index in [0.29, 0.717) is 6.61 Å². The van der Waals surface area contributed by atoms with Crippen molar-refractivity contribution in [2.24, 2.45) is 0 Å². The van der Waals surface area contributed by atoms with Gasteiger partial charge in [0.25, 0.3) is 0 Å². The number of rotatable bonds is 5. The van der Waals surface area contributed by atoms with Crippen LogP contribution in [0, 0.1) is 3.57 Å². The average Bonchev–Trinajstić information content (AvgIpc) is 2.43. The van der Waals surface area contributed by atoms with Crippen molar-refractivity contribution in [2.45, 2.75) is 13.0 Å². The maximum absolute atomic E-state index is 5.50. The maximum atomic E-state index is 5.50. The predicted octanol–water partition coefficient (Wildman–Crippen LogP) is 3.39. The third-order valence-electron chi connectivity index (χ3n) is 2.87. The van der Waals surface area contributed by atoms with E-state index in [0.717, 1.165) is 11.3 Å². The largest absolute Gasteiger partial charge is 0.492 e. The quantitative estimate of drug-likeness (QED) is 0.822. The van der Waals surface area contributed by atoms with Crippen LogP contribution >= 0.6 is 22.6 Å². The number of halogens is 1. The number of nitrogens with one attached hydrogen (secondary N) is 1. The lowest BCUT2D eigenvalue weighted by Crippen LogP contribution is -2.18. The molecule has 1 unspecified atom stereocenters. The Kier molecular flexibility index (Phi) is 5.15. The van der Waals surface area contributed by atoms with Crippen molar-refractivity contribution in [3.8, 4) is 5.75 Å². The molecule has 100 valence electrons. The molecule has 2 aromatic rings. The fraction of sp³-hybridized carbons (Fsp3) is 0.267. The summed E-state index contributed by atoms with van der Waals surface area (Å²) in [6.45, 7) is 2.63. The van der Waals surface area contributed by atoms with Gasteiger partial charge in [-0.1, -0.05) is 12.1 Å². The first-order valence-corrected chi connectivity index (χ1v) is 7.33. The Morgan fingerprint density at radius 1 is 1.21 bits per heavy atom. The van der Waals surface area contributed by atoms with Gasteiger partial charge in [0.1, 0.15) is 5.75 Å². The molecule has 0 saturated heterocycles. The zero-order valence-corrected chi connectivity index (χ0v) is 13.2. The Morgan fingerprint density at radius 2 is 1.95 bits per heavy atom. The standard InChI is InChI=1S/C15H17IN2O/c1-3-19-14-8-12(9-18-10-14)15(17-2)11-4-6-13(16)7-5-11/h4-10,15,17H,3H2,1-2H3. The van der Waals surface area contributed by atoms with Crippen LogP contribution in [0.3, 0.4) is 0 Å². The molecular formula is C15H17IN2O. The highest BCUT2D eigenvalue weighted by Crippen LogP contribution is 2.24. The van der Waals surface area contributed by atoms with Crippen molar-refractivity contribution in [1.29, 1.82) is 0 Å². The molecule has 0 fully saturated rings. The van der Waals surface area contributed by atoms with Crippen LogP contribution in [-0.2, 0) is 0 Å². The third-order valence-corrected chi connectivity index (χ3v) is 3.59. The topological polar surface area (TPSA) is 34.1 Å². The highest BCUT2D eigenvalue weighted by Gasteiger charge is 2.13. The van der Waals surface area contributed by atoms with Gasteiger partial charge in [0.15, 0.2) is 0 Å². The summed E-state index contributed by atoms with van der Waals surface area (Å²) < 4.78 is 6.74. The molecule has 0 aliphatic heterocycles. The highest BCUT2D eigenvalue weighted by molar-refractivity contribution is 14.1.